The van der Waals surface area contributed by atoms with Crippen LogP contribution in [0.5, 0.6) is 11.5 Å². The average molecular weight is 656 g/mol. The number of rotatable bonds is 9. The molecule has 0 saturated heterocycles. The standard InChI is InChI=1S/C30H24N4O8S2.Na/c1-2-42-25-14-12-24(13-15-25)32-31-22-8-3-19(4-9-22)20-5-10-23(11-6-20)33-34-30-27(35)16-7-21-17-26(43(36,37)38)18-28(29(21)30)44(39,40)41;/h3-18,35H,2H2,1H3,(H,36,37,38)(H,39,40,41);. The number of hydrogen-bond acceptors (Lipinski definition) is 10. The van der Waals surface area contributed by atoms with Gasteiger partial charge >= 0.3 is 0 Å². The molecule has 45 heavy (non-hydrogen) atoms. The molecule has 0 bridgehead atoms. The van der Waals surface area contributed by atoms with Crippen molar-refractivity contribution in [3.63, 3.8) is 0 Å². The first kappa shape index (κ1) is 33.9. The zero-order valence-corrected chi connectivity index (χ0v) is 27.6. The summed E-state index contributed by atoms with van der Waals surface area (Å²) in [6, 6.07) is 25.5. The molecule has 3 N–H and O–H groups in total. The van der Waals surface area contributed by atoms with Crippen molar-refractivity contribution < 1.29 is 35.8 Å². The van der Waals surface area contributed by atoms with E-state index in [0.29, 0.717) is 29.7 Å². The van der Waals surface area contributed by atoms with E-state index in [1.807, 2.05) is 55.5 Å². The van der Waals surface area contributed by atoms with Crippen LogP contribution in [0.2, 0.25) is 0 Å². The van der Waals surface area contributed by atoms with Crippen LogP contribution in [-0.2, 0) is 20.2 Å². The van der Waals surface area contributed by atoms with Gasteiger partial charge in [-0.05, 0) is 90.2 Å². The molecule has 0 unspecified atom stereocenters. The van der Waals surface area contributed by atoms with Crippen molar-refractivity contribution in [1.29, 1.82) is 0 Å². The second-order valence-electron chi connectivity index (χ2n) is 9.32. The first-order valence-corrected chi connectivity index (χ1v) is 15.8. The Balaban J connectivity index is 0.00000461. The van der Waals surface area contributed by atoms with E-state index in [-0.39, 0.29) is 46.0 Å². The van der Waals surface area contributed by atoms with E-state index in [9.17, 15) is 31.0 Å². The summed E-state index contributed by atoms with van der Waals surface area (Å²) in [4.78, 5) is -1.63. The number of hydrogen-bond donors (Lipinski definition) is 3. The van der Waals surface area contributed by atoms with Crippen LogP contribution in [-0.4, -0.2) is 67.2 Å². The van der Waals surface area contributed by atoms with Gasteiger partial charge in [0.15, 0.2) is 0 Å². The van der Waals surface area contributed by atoms with E-state index in [1.165, 1.54) is 6.07 Å². The first-order valence-electron chi connectivity index (χ1n) is 12.9. The molecule has 0 aromatic heterocycles. The van der Waals surface area contributed by atoms with E-state index in [0.717, 1.165) is 29.0 Å². The predicted octanol–water partition coefficient (Wildman–Crippen LogP) is 7.55. The minimum atomic E-state index is -5.00. The molecular weight excluding hydrogens is 631 g/mol. The molecule has 1 radical (unpaired) electrons. The molecule has 225 valence electrons. The van der Waals surface area contributed by atoms with E-state index in [4.69, 9.17) is 4.74 Å². The van der Waals surface area contributed by atoms with E-state index in [2.05, 4.69) is 20.5 Å². The number of benzene rings is 5. The monoisotopic (exact) mass is 655 g/mol. The molecule has 0 saturated carbocycles. The van der Waals surface area contributed by atoms with Crippen molar-refractivity contribution in [3.8, 4) is 22.6 Å². The summed E-state index contributed by atoms with van der Waals surface area (Å²) in [5.74, 6) is 0.292. The molecular formula is C30H24N4NaO8S2. The van der Waals surface area contributed by atoms with Crippen LogP contribution < -0.4 is 4.74 Å². The Morgan fingerprint density at radius 2 is 1.13 bits per heavy atom. The summed E-state index contributed by atoms with van der Waals surface area (Å²) < 4.78 is 72.1. The van der Waals surface area contributed by atoms with Crippen molar-refractivity contribution in [2.45, 2.75) is 16.7 Å². The van der Waals surface area contributed by atoms with Gasteiger partial charge in [-0.1, -0.05) is 30.3 Å². The number of ether oxygens (including phenoxy) is 1. The quantitative estimate of drug-likeness (QED) is 0.0824. The van der Waals surface area contributed by atoms with Gasteiger partial charge in [-0.2, -0.15) is 32.2 Å². The van der Waals surface area contributed by atoms with E-state index in [1.54, 1.807) is 24.3 Å². The Hall–Kier alpha value is -4.02. The number of phenolic OH excluding ortho intramolecular Hbond substituents is 1. The van der Waals surface area contributed by atoms with Gasteiger partial charge in [0.1, 0.15) is 22.1 Å². The Kier molecular flexibility index (Phi) is 10.5. The largest absolute Gasteiger partial charge is 0.506 e. The fraction of sp³-hybridized carbons (Fsp3) is 0.0667. The fourth-order valence-electron chi connectivity index (χ4n) is 4.26. The molecule has 12 nitrogen and oxygen atoms in total. The van der Waals surface area contributed by atoms with Gasteiger partial charge in [0.2, 0.25) is 0 Å². The third kappa shape index (κ3) is 8.18. The minimum absolute atomic E-state index is 0. The van der Waals surface area contributed by atoms with Crippen molar-refractivity contribution in [1.82, 2.24) is 0 Å². The van der Waals surface area contributed by atoms with Gasteiger partial charge < -0.3 is 9.84 Å². The summed E-state index contributed by atoms with van der Waals surface area (Å²) in [5.41, 5.74) is 3.14. The molecule has 0 heterocycles. The number of nitrogens with zero attached hydrogens (tertiary/aromatic N) is 4. The number of azo groups is 2. The van der Waals surface area contributed by atoms with Crippen molar-refractivity contribution >= 4 is 83.3 Å². The fourth-order valence-corrected chi connectivity index (χ4v) is 5.63. The SMILES string of the molecule is CCOc1ccc(N=Nc2ccc(-c3ccc(N=Nc4c(O)ccc5cc(S(=O)(=O)O)cc(S(=O)(=O)O)c45)cc3)cc2)cc1.[Na]. The van der Waals surface area contributed by atoms with E-state index >= 15 is 0 Å². The summed E-state index contributed by atoms with van der Waals surface area (Å²) in [7, 11) is -9.81. The number of aromatic hydroxyl groups is 1. The van der Waals surface area contributed by atoms with Crippen LogP contribution in [0, 0.1) is 0 Å². The van der Waals surface area contributed by atoms with Crippen LogP contribution in [0.25, 0.3) is 21.9 Å². The Bertz CT molecular complexity index is 2120. The summed E-state index contributed by atoms with van der Waals surface area (Å²) >= 11 is 0. The molecule has 5 rings (SSSR count). The van der Waals surface area contributed by atoms with Gasteiger partial charge in [0, 0.05) is 34.9 Å². The van der Waals surface area contributed by atoms with Crippen molar-refractivity contribution in [2.24, 2.45) is 20.5 Å². The van der Waals surface area contributed by atoms with Gasteiger partial charge in [-0.25, -0.2) is 0 Å². The Morgan fingerprint density at radius 1 is 0.644 bits per heavy atom. The van der Waals surface area contributed by atoms with Crippen LogP contribution in [0.4, 0.5) is 22.7 Å². The molecule has 15 heteroatoms. The summed E-state index contributed by atoms with van der Waals surface area (Å²) in [5, 5.41) is 26.7. The predicted molar refractivity (Wildman–Crippen MR) is 169 cm³/mol. The molecule has 0 amide bonds. The molecule has 0 aliphatic carbocycles. The van der Waals surface area contributed by atoms with Crippen LogP contribution >= 0.6 is 0 Å². The molecule has 0 spiro atoms. The minimum Gasteiger partial charge on any atom is -0.506 e. The average Bonchev–Trinajstić information content (AvgIpc) is 2.99. The third-order valence-electron chi connectivity index (χ3n) is 6.34. The number of fused-ring (bicyclic) bond motifs is 1. The van der Waals surface area contributed by atoms with Gasteiger partial charge in [-0.3, -0.25) is 9.11 Å². The summed E-state index contributed by atoms with van der Waals surface area (Å²) in [6.07, 6.45) is 0. The first-order chi connectivity index (χ1) is 20.9. The summed E-state index contributed by atoms with van der Waals surface area (Å²) in [6.45, 7) is 2.50. The van der Waals surface area contributed by atoms with E-state index < -0.39 is 35.8 Å². The third-order valence-corrected chi connectivity index (χ3v) is 8.05. The van der Waals surface area contributed by atoms with Crippen molar-refractivity contribution in [2.75, 3.05) is 6.61 Å². The molecule has 0 aliphatic heterocycles. The Labute approximate surface area is 280 Å². The number of phenols is 1. The normalized spacial score (nSPS) is 12.1. The zero-order chi connectivity index (χ0) is 31.5. The van der Waals surface area contributed by atoms with Crippen LogP contribution in [0.3, 0.4) is 0 Å². The molecule has 0 aliphatic rings. The second-order valence-corrected chi connectivity index (χ2v) is 12.1. The molecule has 5 aromatic carbocycles. The maximum Gasteiger partial charge on any atom is 0.295 e. The van der Waals surface area contributed by atoms with Crippen LogP contribution in [0.15, 0.2) is 127 Å². The van der Waals surface area contributed by atoms with Gasteiger partial charge in [0.05, 0.1) is 28.6 Å². The smallest absolute Gasteiger partial charge is 0.295 e. The Morgan fingerprint density at radius 3 is 1.60 bits per heavy atom. The molecule has 0 atom stereocenters. The topological polar surface area (TPSA) is 188 Å². The molecule has 5 aromatic rings. The molecule has 0 fully saturated rings. The van der Waals surface area contributed by atoms with Gasteiger partial charge in [-0.15, -0.1) is 5.11 Å². The zero-order valence-electron chi connectivity index (χ0n) is 23.9. The van der Waals surface area contributed by atoms with Crippen molar-refractivity contribution in [3.05, 3.63) is 97.1 Å². The van der Waals surface area contributed by atoms with Gasteiger partial charge in [0.25, 0.3) is 20.2 Å². The maximum absolute atomic E-state index is 12.1. The second kappa shape index (κ2) is 14.0. The van der Waals surface area contributed by atoms with Crippen LogP contribution in [0.1, 0.15) is 6.92 Å². The maximum atomic E-state index is 12.1.